The lowest BCUT2D eigenvalue weighted by atomic mass is 10.1. The third-order valence-electron chi connectivity index (χ3n) is 2.59. The van der Waals surface area contributed by atoms with Gasteiger partial charge in [-0.25, -0.2) is 9.97 Å². The van der Waals surface area contributed by atoms with Gasteiger partial charge < -0.3 is 10.7 Å². The Morgan fingerprint density at radius 2 is 2.06 bits per heavy atom. The minimum atomic E-state index is 0. The number of rotatable bonds is 1. The number of hydrogen-bond donors (Lipinski definition) is 2. The number of anilines is 1. The van der Waals surface area contributed by atoms with Crippen molar-refractivity contribution in [3.63, 3.8) is 0 Å². The summed E-state index contributed by atoms with van der Waals surface area (Å²) in [5.41, 5.74) is 8.35. The number of H-pyrrole nitrogens is 1. The first-order chi connectivity index (χ1) is 8.24. The van der Waals surface area contributed by atoms with Crippen LogP contribution >= 0.6 is 24.0 Å². The largest absolute Gasteiger partial charge is 0.368 e. The third-order valence-corrected chi connectivity index (χ3v) is 2.83. The van der Waals surface area contributed by atoms with Gasteiger partial charge in [0.15, 0.2) is 0 Å². The summed E-state index contributed by atoms with van der Waals surface area (Å²) in [4.78, 5) is 11.3. The number of fused-ring (bicyclic) bond motifs is 1. The van der Waals surface area contributed by atoms with Crippen LogP contribution in [0.3, 0.4) is 0 Å². The second kappa shape index (κ2) is 4.84. The molecule has 0 saturated heterocycles. The van der Waals surface area contributed by atoms with Crippen molar-refractivity contribution < 1.29 is 0 Å². The van der Waals surface area contributed by atoms with Gasteiger partial charge in [0.2, 0.25) is 5.95 Å². The Morgan fingerprint density at radius 3 is 2.83 bits per heavy atom. The Hall–Kier alpha value is -1.78. The molecular formula is C12H10Cl2N4. The van der Waals surface area contributed by atoms with Crippen LogP contribution in [-0.2, 0) is 0 Å². The Labute approximate surface area is 115 Å². The van der Waals surface area contributed by atoms with E-state index < -0.39 is 0 Å². The predicted molar refractivity (Wildman–Crippen MR) is 76.0 cm³/mol. The molecular weight excluding hydrogens is 271 g/mol. The van der Waals surface area contributed by atoms with Crippen molar-refractivity contribution >= 4 is 40.9 Å². The van der Waals surface area contributed by atoms with Crippen LogP contribution in [0.15, 0.2) is 36.7 Å². The fourth-order valence-electron chi connectivity index (χ4n) is 1.83. The summed E-state index contributed by atoms with van der Waals surface area (Å²) < 4.78 is 0. The van der Waals surface area contributed by atoms with Crippen LogP contribution in [0, 0.1) is 0 Å². The molecule has 0 bridgehead atoms. The van der Waals surface area contributed by atoms with Crippen molar-refractivity contribution in [3.05, 3.63) is 41.7 Å². The number of nitrogens with two attached hydrogens (primary N) is 1. The summed E-state index contributed by atoms with van der Waals surface area (Å²) in [6.07, 6.45) is 3.53. The molecule has 0 aliphatic heterocycles. The van der Waals surface area contributed by atoms with E-state index in [1.165, 1.54) is 0 Å². The maximum Gasteiger partial charge on any atom is 0.220 e. The smallest absolute Gasteiger partial charge is 0.220 e. The van der Waals surface area contributed by atoms with Gasteiger partial charge in [0.05, 0.1) is 5.69 Å². The molecule has 0 aliphatic carbocycles. The summed E-state index contributed by atoms with van der Waals surface area (Å²) in [5, 5.41) is 1.72. The number of nitrogens with zero attached hydrogens (tertiary/aromatic N) is 2. The van der Waals surface area contributed by atoms with Crippen molar-refractivity contribution in [3.8, 4) is 11.3 Å². The molecule has 0 amide bonds. The van der Waals surface area contributed by atoms with Gasteiger partial charge in [0, 0.05) is 33.9 Å². The molecule has 1 aromatic carbocycles. The lowest BCUT2D eigenvalue weighted by Gasteiger charge is -1.99. The van der Waals surface area contributed by atoms with Gasteiger partial charge in [-0.1, -0.05) is 11.6 Å². The van der Waals surface area contributed by atoms with Gasteiger partial charge in [-0.2, -0.15) is 0 Å². The molecule has 2 aromatic heterocycles. The minimum Gasteiger partial charge on any atom is -0.368 e. The number of aromatic nitrogens is 3. The van der Waals surface area contributed by atoms with Gasteiger partial charge in [-0.05, 0) is 24.3 Å². The number of halogens is 2. The zero-order valence-corrected chi connectivity index (χ0v) is 10.8. The van der Waals surface area contributed by atoms with Crippen LogP contribution in [0.2, 0.25) is 5.02 Å². The van der Waals surface area contributed by atoms with Crippen molar-refractivity contribution in [1.29, 1.82) is 0 Å². The highest BCUT2D eigenvalue weighted by Crippen LogP contribution is 2.29. The summed E-state index contributed by atoms with van der Waals surface area (Å²) in [6.45, 7) is 0. The van der Waals surface area contributed by atoms with Crippen LogP contribution in [0.4, 0.5) is 5.95 Å². The van der Waals surface area contributed by atoms with Crippen LogP contribution in [0.1, 0.15) is 0 Å². The van der Waals surface area contributed by atoms with E-state index in [9.17, 15) is 0 Å². The number of benzene rings is 1. The number of nitrogen functional groups attached to an aromatic ring is 1. The van der Waals surface area contributed by atoms with Gasteiger partial charge in [-0.3, -0.25) is 0 Å². The third kappa shape index (κ3) is 2.12. The van der Waals surface area contributed by atoms with Gasteiger partial charge >= 0.3 is 0 Å². The maximum atomic E-state index is 5.99. The molecule has 2 heterocycles. The van der Waals surface area contributed by atoms with Crippen LogP contribution in [-0.4, -0.2) is 15.0 Å². The first kappa shape index (κ1) is 12.7. The highest BCUT2D eigenvalue weighted by molar-refractivity contribution is 6.31. The van der Waals surface area contributed by atoms with E-state index in [1.807, 2.05) is 30.5 Å². The summed E-state index contributed by atoms with van der Waals surface area (Å²) in [5.74, 6) is 0.263. The molecule has 0 unspecified atom stereocenters. The topological polar surface area (TPSA) is 67.6 Å². The van der Waals surface area contributed by atoms with E-state index in [1.54, 1.807) is 6.20 Å². The van der Waals surface area contributed by atoms with Crippen molar-refractivity contribution in [1.82, 2.24) is 15.0 Å². The van der Waals surface area contributed by atoms with E-state index in [2.05, 4.69) is 15.0 Å². The molecule has 6 heteroatoms. The maximum absolute atomic E-state index is 5.99. The highest BCUT2D eigenvalue weighted by atomic mass is 35.5. The Kier molecular flexibility index (Phi) is 3.41. The van der Waals surface area contributed by atoms with E-state index in [4.69, 9.17) is 17.3 Å². The molecule has 0 spiro atoms. The molecule has 0 radical (unpaired) electrons. The zero-order valence-electron chi connectivity index (χ0n) is 9.22. The van der Waals surface area contributed by atoms with E-state index >= 15 is 0 Å². The van der Waals surface area contributed by atoms with E-state index in [0.717, 1.165) is 22.2 Å². The molecule has 0 aliphatic rings. The first-order valence-electron chi connectivity index (χ1n) is 5.09. The number of aromatic amines is 1. The lowest BCUT2D eigenvalue weighted by molar-refractivity contribution is 1.19. The predicted octanol–water partition coefficient (Wildman–Crippen LogP) is 3.28. The fraction of sp³-hybridized carbons (Fsp3) is 0. The Balaban J connectivity index is 0.00000120. The molecule has 0 atom stereocenters. The number of nitrogens with one attached hydrogen (secondary N) is 1. The van der Waals surface area contributed by atoms with E-state index in [-0.39, 0.29) is 18.4 Å². The number of hydrogen-bond acceptors (Lipinski definition) is 3. The molecule has 3 N–H and O–H groups in total. The molecule has 3 aromatic rings. The van der Waals surface area contributed by atoms with E-state index in [0.29, 0.717) is 5.02 Å². The lowest BCUT2D eigenvalue weighted by Crippen LogP contribution is -1.94. The van der Waals surface area contributed by atoms with Crippen molar-refractivity contribution in [2.45, 2.75) is 0 Å². The molecule has 0 saturated carbocycles. The van der Waals surface area contributed by atoms with Gasteiger partial charge in [-0.15, -0.1) is 12.4 Å². The second-order valence-electron chi connectivity index (χ2n) is 3.69. The standard InChI is InChI=1S/C12H9ClN4.ClH/c13-7-1-2-10-8(5-7)9(6-16-10)11-3-4-15-12(14)17-11;/h1-6,16H,(H2,14,15,17);1H. The quantitative estimate of drug-likeness (QED) is 0.719. The van der Waals surface area contributed by atoms with Crippen molar-refractivity contribution in [2.24, 2.45) is 0 Å². The summed E-state index contributed by atoms with van der Waals surface area (Å²) in [6, 6.07) is 7.51. The average molecular weight is 281 g/mol. The molecule has 3 rings (SSSR count). The fourth-order valence-corrected chi connectivity index (χ4v) is 2.00. The first-order valence-corrected chi connectivity index (χ1v) is 5.47. The highest BCUT2D eigenvalue weighted by Gasteiger charge is 2.08. The monoisotopic (exact) mass is 280 g/mol. The van der Waals surface area contributed by atoms with Gasteiger partial charge in [0.25, 0.3) is 0 Å². The van der Waals surface area contributed by atoms with Crippen molar-refractivity contribution in [2.75, 3.05) is 5.73 Å². The van der Waals surface area contributed by atoms with Crippen LogP contribution < -0.4 is 5.73 Å². The molecule has 0 fully saturated rings. The van der Waals surface area contributed by atoms with Crippen LogP contribution in [0.5, 0.6) is 0 Å². The average Bonchev–Trinajstić information content (AvgIpc) is 2.71. The normalized spacial score (nSPS) is 10.3. The Bertz CT molecular complexity index is 693. The SMILES string of the molecule is Cl.Nc1nccc(-c2c[nH]c3ccc(Cl)cc23)n1. The Morgan fingerprint density at radius 1 is 1.22 bits per heavy atom. The summed E-state index contributed by atoms with van der Waals surface area (Å²) in [7, 11) is 0. The van der Waals surface area contributed by atoms with Crippen LogP contribution in [0.25, 0.3) is 22.2 Å². The molecule has 18 heavy (non-hydrogen) atoms. The molecule has 92 valence electrons. The van der Waals surface area contributed by atoms with Gasteiger partial charge in [0.1, 0.15) is 0 Å². The molecule has 4 nitrogen and oxygen atoms in total. The minimum absolute atomic E-state index is 0. The second-order valence-corrected chi connectivity index (χ2v) is 4.13. The summed E-state index contributed by atoms with van der Waals surface area (Å²) >= 11 is 5.99. The zero-order chi connectivity index (χ0) is 11.8.